The van der Waals surface area contributed by atoms with E-state index in [1.165, 1.54) is 42.6 Å². The van der Waals surface area contributed by atoms with Crippen molar-refractivity contribution in [2.75, 3.05) is 0 Å². The van der Waals surface area contributed by atoms with Crippen molar-refractivity contribution >= 4 is 12.0 Å². The van der Waals surface area contributed by atoms with Crippen molar-refractivity contribution in [1.82, 2.24) is 20.2 Å². The monoisotopic (exact) mass is 439 g/mol. The Bertz CT molecular complexity index is 1090. The number of carbonyl (C=O) groups is 2. The van der Waals surface area contributed by atoms with Gasteiger partial charge >= 0.3 is 18.2 Å². The summed E-state index contributed by atoms with van der Waals surface area (Å²) in [6.45, 7) is -0.932. The average molecular weight is 439 g/mol. The lowest BCUT2D eigenvalue weighted by Gasteiger charge is -2.13. The first-order valence-electron chi connectivity index (χ1n) is 8.49. The number of hydrogen-bond acceptors (Lipinski definition) is 7. The van der Waals surface area contributed by atoms with Crippen LogP contribution in [0.4, 0.5) is 22.4 Å². The number of rotatable bonds is 6. The molecule has 0 spiro atoms. The smallest absolute Gasteiger partial charge is 0.443 e. The van der Waals surface area contributed by atoms with Gasteiger partial charge in [-0.05, 0) is 11.6 Å². The molecule has 1 aromatic carbocycles. The van der Waals surface area contributed by atoms with Crippen LogP contribution in [0.2, 0.25) is 0 Å². The minimum atomic E-state index is -4.77. The summed E-state index contributed by atoms with van der Waals surface area (Å²) in [5.41, 5.74) is 5.77. The maximum absolute atomic E-state index is 14.1. The standard InChI is InChI=1S/C18H13F4N5O4/c19-18(20,21)16-25-15(26-31-16)11-5-3-10(4-6-11)8-27(22)17(29)30-9-12-2-1-7-24-13(12)14(23)28/h1-7H,8-9H2,(H2,23,28). The molecule has 9 nitrogen and oxygen atoms in total. The van der Waals surface area contributed by atoms with E-state index in [9.17, 15) is 27.2 Å². The molecule has 2 heterocycles. The number of alkyl halides is 3. The van der Waals surface area contributed by atoms with Gasteiger partial charge in [-0.25, -0.2) is 4.79 Å². The number of pyridine rings is 1. The van der Waals surface area contributed by atoms with Gasteiger partial charge in [0.05, 0.1) is 6.54 Å². The van der Waals surface area contributed by atoms with Crippen LogP contribution in [-0.2, 0) is 24.1 Å². The maximum atomic E-state index is 14.1. The predicted octanol–water partition coefficient (Wildman–Crippen LogP) is 3.27. The summed E-state index contributed by atoms with van der Waals surface area (Å²) < 4.78 is 60.6. The second-order valence-electron chi connectivity index (χ2n) is 6.07. The SMILES string of the molecule is NC(=O)c1ncccc1COC(=O)N(F)Cc1ccc(-c2noc(C(F)(F)F)n2)cc1. The number of amides is 2. The van der Waals surface area contributed by atoms with E-state index in [0.29, 0.717) is 5.56 Å². The van der Waals surface area contributed by atoms with Crippen LogP contribution >= 0.6 is 0 Å². The van der Waals surface area contributed by atoms with Crippen LogP contribution in [0.3, 0.4) is 0 Å². The largest absolute Gasteiger partial charge is 0.471 e. The number of nitrogens with zero attached hydrogens (tertiary/aromatic N) is 4. The highest BCUT2D eigenvalue weighted by Crippen LogP contribution is 2.29. The van der Waals surface area contributed by atoms with E-state index in [1.54, 1.807) is 0 Å². The molecule has 2 N–H and O–H groups in total. The normalized spacial score (nSPS) is 11.2. The molecule has 3 rings (SSSR count). The molecule has 2 aromatic heterocycles. The van der Waals surface area contributed by atoms with Crippen LogP contribution < -0.4 is 5.73 Å². The van der Waals surface area contributed by atoms with Gasteiger partial charge in [-0.2, -0.15) is 18.2 Å². The molecule has 0 fully saturated rings. The quantitative estimate of drug-likeness (QED) is 0.462. The van der Waals surface area contributed by atoms with E-state index in [2.05, 4.69) is 19.6 Å². The molecule has 3 aromatic rings. The zero-order valence-electron chi connectivity index (χ0n) is 15.5. The van der Waals surface area contributed by atoms with Crippen LogP contribution in [0.5, 0.6) is 0 Å². The molecular weight excluding hydrogens is 426 g/mol. The Labute approximate surface area is 171 Å². The Balaban J connectivity index is 1.59. The third-order valence-electron chi connectivity index (χ3n) is 3.88. The highest BCUT2D eigenvalue weighted by atomic mass is 19.4. The van der Waals surface area contributed by atoms with Crippen LogP contribution in [0.1, 0.15) is 27.5 Å². The summed E-state index contributed by atoms with van der Waals surface area (Å²) >= 11 is 0. The van der Waals surface area contributed by atoms with Gasteiger partial charge in [0.25, 0.3) is 5.91 Å². The first kappa shape index (κ1) is 21.7. The van der Waals surface area contributed by atoms with Gasteiger partial charge in [0.1, 0.15) is 12.3 Å². The molecule has 0 atom stereocenters. The number of hydrogen-bond donors (Lipinski definition) is 1. The van der Waals surface area contributed by atoms with Crippen molar-refractivity contribution in [2.45, 2.75) is 19.3 Å². The zero-order chi connectivity index (χ0) is 22.6. The molecule has 0 radical (unpaired) electrons. The Kier molecular flexibility index (Phi) is 6.13. The lowest BCUT2D eigenvalue weighted by Crippen LogP contribution is -2.24. The highest BCUT2D eigenvalue weighted by molar-refractivity contribution is 5.92. The van der Waals surface area contributed by atoms with Gasteiger partial charge in [0, 0.05) is 17.3 Å². The summed E-state index contributed by atoms with van der Waals surface area (Å²) in [5.74, 6) is -2.61. The van der Waals surface area contributed by atoms with Crippen LogP contribution in [0.25, 0.3) is 11.4 Å². The zero-order valence-corrected chi connectivity index (χ0v) is 15.5. The topological polar surface area (TPSA) is 124 Å². The Morgan fingerprint density at radius 1 is 1.16 bits per heavy atom. The molecule has 0 bridgehead atoms. The van der Waals surface area contributed by atoms with Gasteiger partial charge in [0.2, 0.25) is 5.82 Å². The summed E-state index contributed by atoms with van der Waals surface area (Å²) in [6, 6.07) is 8.36. The Morgan fingerprint density at radius 3 is 2.48 bits per heavy atom. The summed E-state index contributed by atoms with van der Waals surface area (Å²) in [5, 5.41) is 3.02. The Morgan fingerprint density at radius 2 is 1.87 bits per heavy atom. The number of carbonyl (C=O) groups excluding carboxylic acids is 2. The van der Waals surface area contributed by atoms with Crippen molar-refractivity contribution in [3.05, 3.63) is 65.3 Å². The molecule has 0 saturated carbocycles. The van der Waals surface area contributed by atoms with Crippen molar-refractivity contribution in [1.29, 1.82) is 0 Å². The van der Waals surface area contributed by atoms with Crippen LogP contribution in [0, 0.1) is 0 Å². The average Bonchev–Trinajstić information content (AvgIpc) is 3.23. The summed E-state index contributed by atoms with van der Waals surface area (Å²) in [7, 11) is 0. The highest BCUT2D eigenvalue weighted by Gasteiger charge is 2.38. The lowest BCUT2D eigenvalue weighted by molar-refractivity contribution is -0.159. The van der Waals surface area contributed by atoms with Crippen LogP contribution in [0.15, 0.2) is 47.1 Å². The molecule has 0 saturated heterocycles. The van der Waals surface area contributed by atoms with E-state index in [4.69, 9.17) is 10.5 Å². The van der Waals surface area contributed by atoms with Crippen molar-refractivity contribution < 1.29 is 36.5 Å². The van der Waals surface area contributed by atoms with Gasteiger partial charge in [-0.1, -0.05) is 40.0 Å². The minimum absolute atomic E-state index is 0.105. The molecule has 162 valence electrons. The van der Waals surface area contributed by atoms with E-state index >= 15 is 0 Å². The lowest BCUT2D eigenvalue weighted by atomic mass is 10.1. The molecule has 0 aliphatic rings. The molecule has 13 heteroatoms. The molecular formula is C18H13F4N5O4. The summed E-state index contributed by atoms with van der Waals surface area (Å²) in [4.78, 5) is 30.1. The van der Waals surface area contributed by atoms with E-state index < -0.39 is 37.2 Å². The van der Waals surface area contributed by atoms with Gasteiger partial charge < -0.3 is 15.0 Å². The molecule has 0 aliphatic carbocycles. The number of nitrogens with two attached hydrogens (primary N) is 1. The molecule has 0 unspecified atom stereocenters. The Hall–Kier alpha value is -4.03. The second-order valence-corrected chi connectivity index (χ2v) is 6.07. The van der Waals surface area contributed by atoms with Gasteiger partial charge in [-0.15, -0.1) is 5.12 Å². The first-order valence-corrected chi connectivity index (χ1v) is 8.49. The molecule has 2 amide bonds. The third-order valence-corrected chi connectivity index (χ3v) is 3.88. The van der Waals surface area contributed by atoms with Gasteiger partial charge in [-0.3, -0.25) is 9.78 Å². The maximum Gasteiger partial charge on any atom is 0.471 e. The number of primary amides is 1. The minimum Gasteiger partial charge on any atom is -0.443 e. The fourth-order valence-electron chi connectivity index (χ4n) is 2.43. The second kappa shape index (κ2) is 8.77. The first-order chi connectivity index (χ1) is 14.6. The molecule has 0 aliphatic heterocycles. The van der Waals surface area contributed by atoms with Gasteiger partial charge in [0.15, 0.2) is 0 Å². The number of ether oxygens (including phenoxy) is 1. The number of halogens is 4. The van der Waals surface area contributed by atoms with Crippen LogP contribution in [-0.4, -0.2) is 32.2 Å². The van der Waals surface area contributed by atoms with Crippen molar-refractivity contribution in [2.24, 2.45) is 5.73 Å². The third kappa shape index (κ3) is 5.32. The van der Waals surface area contributed by atoms with E-state index in [-0.39, 0.29) is 27.8 Å². The number of aromatic nitrogens is 3. The van der Waals surface area contributed by atoms with E-state index in [1.807, 2.05) is 0 Å². The van der Waals surface area contributed by atoms with Crippen molar-refractivity contribution in [3.63, 3.8) is 0 Å². The fourth-order valence-corrected chi connectivity index (χ4v) is 2.43. The van der Waals surface area contributed by atoms with E-state index in [0.717, 1.165) is 0 Å². The number of benzene rings is 1. The molecule has 31 heavy (non-hydrogen) atoms. The summed E-state index contributed by atoms with van der Waals surface area (Å²) in [6.07, 6.45) is -4.76. The predicted molar refractivity (Wildman–Crippen MR) is 94.3 cm³/mol. The van der Waals surface area contributed by atoms with Crippen molar-refractivity contribution in [3.8, 4) is 11.4 Å². The fraction of sp³-hybridized carbons (Fsp3) is 0.167.